The quantitative estimate of drug-likeness (QED) is 0.846. The SMILES string of the molecule is COc1ccc(NC(=O)CSCC2CCNCC2)cc1. The Morgan fingerprint density at radius 3 is 2.70 bits per heavy atom. The minimum Gasteiger partial charge on any atom is -0.497 e. The number of piperidine rings is 1. The summed E-state index contributed by atoms with van der Waals surface area (Å²) in [6.07, 6.45) is 2.46. The van der Waals surface area contributed by atoms with Gasteiger partial charge in [0.25, 0.3) is 0 Å². The van der Waals surface area contributed by atoms with E-state index in [9.17, 15) is 4.79 Å². The van der Waals surface area contributed by atoms with Gasteiger partial charge in [-0.1, -0.05) is 0 Å². The second-order valence-corrected chi connectivity index (χ2v) is 6.02. The van der Waals surface area contributed by atoms with E-state index >= 15 is 0 Å². The molecule has 1 aromatic rings. The molecule has 1 fully saturated rings. The van der Waals surface area contributed by atoms with Gasteiger partial charge in [-0.05, 0) is 61.9 Å². The lowest BCUT2D eigenvalue weighted by molar-refractivity contribution is -0.113. The van der Waals surface area contributed by atoms with Crippen LogP contribution in [0.4, 0.5) is 5.69 Å². The number of carbonyl (C=O) groups is 1. The second-order valence-electron chi connectivity index (χ2n) is 4.99. The maximum atomic E-state index is 11.8. The van der Waals surface area contributed by atoms with Crippen molar-refractivity contribution in [2.24, 2.45) is 5.92 Å². The van der Waals surface area contributed by atoms with Crippen molar-refractivity contribution in [3.8, 4) is 5.75 Å². The number of rotatable bonds is 6. The minimum atomic E-state index is 0.0640. The molecule has 1 amide bonds. The number of nitrogens with one attached hydrogen (secondary N) is 2. The molecule has 5 heteroatoms. The summed E-state index contributed by atoms with van der Waals surface area (Å²) >= 11 is 1.73. The van der Waals surface area contributed by atoms with Crippen LogP contribution < -0.4 is 15.4 Å². The Kier molecular flexibility index (Phi) is 6.21. The highest BCUT2D eigenvalue weighted by Gasteiger charge is 2.13. The van der Waals surface area contributed by atoms with Crippen LogP contribution in [-0.2, 0) is 4.79 Å². The Bertz CT molecular complexity index is 416. The largest absolute Gasteiger partial charge is 0.497 e. The molecule has 0 aliphatic carbocycles. The van der Waals surface area contributed by atoms with Gasteiger partial charge in [0.1, 0.15) is 5.75 Å². The van der Waals surface area contributed by atoms with Gasteiger partial charge in [-0.3, -0.25) is 4.79 Å². The number of carbonyl (C=O) groups excluding carboxylic acids is 1. The van der Waals surface area contributed by atoms with Crippen LogP contribution in [0.2, 0.25) is 0 Å². The fourth-order valence-corrected chi connectivity index (χ4v) is 3.28. The number of anilines is 1. The van der Waals surface area contributed by atoms with Gasteiger partial charge in [-0.2, -0.15) is 11.8 Å². The number of ether oxygens (including phenoxy) is 1. The summed E-state index contributed by atoms with van der Waals surface area (Å²) in [4.78, 5) is 11.8. The lowest BCUT2D eigenvalue weighted by Gasteiger charge is -2.21. The number of hydrogen-bond acceptors (Lipinski definition) is 4. The van der Waals surface area contributed by atoms with E-state index in [2.05, 4.69) is 10.6 Å². The molecule has 1 aliphatic heterocycles. The van der Waals surface area contributed by atoms with Crippen molar-refractivity contribution >= 4 is 23.4 Å². The van der Waals surface area contributed by atoms with Gasteiger partial charge in [-0.15, -0.1) is 0 Å². The Labute approximate surface area is 124 Å². The van der Waals surface area contributed by atoms with E-state index in [1.165, 1.54) is 12.8 Å². The van der Waals surface area contributed by atoms with E-state index in [1.54, 1.807) is 18.9 Å². The summed E-state index contributed by atoms with van der Waals surface area (Å²) in [6.45, 7) is 2.23. The van der Waals surface area contributed by atoms with Crippen molar-refractivity contribution in [1.29, 1.82) is 0 Å². The highest BCUT2D eigenvalue weighted by Crippen LogP contribution is 2.19. The van der Waals surface area contributed by atoms with Gasteiger partial charge in [0, 0.05) is 5.69 Å². The molecule has 2 N–H and O–H groups in total. The Balaban J connectivity index is 1.66. The van der Waals surface area contributed by atoms with Crippen LogP contribution in [0.1, 0.15) is 12.8 Å². The maximum absolute atomic E-state index is 11.8. The second kappa shape index (κ2) is 8.17. The van der Waals surface area contributed by atoms with Crippen molar-refractivity contribution in [3.63, 3.8) is 0 Å². The molecule has 1 saturated heterocycles. The Hall–Kier alpha value is -1.20. The highest BCUT2D eigenvalue weighted by molar-refractivity contribution is 7.99. The molecule has 1 aromatic carbocycles. The number of benzene rings is 1. The van der Waals surface area contributed by atoms with E-state index in [4.69, 9.17) is 4.74 Å². The summed E-state index contributed by atoms with van der Waals surface area (Å²) < 4.78 is 5.08. The lowest BCUT2D eigenvalue weighted by Crippen LogP contribution is -2.29. The van der Waals surface area contributed by atoms with Crippen molar-refractivity contribution in [1.82, 2.24) is 5.32 Å². The molecule has 1 aliphatic rings. The fourth-order valence-electron chi connectivity index (χ4n) is 2.24. The van der Waals surface area contributed by atoms with Crippen LogP contribution in [0.5, 0.6) is 5.75 Å². The molecule has 0 aromatic heterocycles. The molecular formula is C15H22N2O2S. The van der Waals surface area contributed by atoms with Crippen molar-refractivity contribution in [2.45, 2.75) is 12.8 Å². The third-order valence-electron chi connectivity index (χ3n) is 3.42. The zero-order valence-corrected chi connectivity index (χ0v) is 12.7. The van der Waals surface area contributed by atoms with Crippen LogP contribution in [0.3, 0.4) is 0 Å². The van der Waals surface area contributed by atoms with Gasteiger partial charge >= 0.3 is 0 Å². The van der Waals surface area contributed by atoms with E-state index in [-0.39, 0.29) is 5.91 Å². The third-order valence-corrected chi connectivity index (χ3v) is 4.59. The molecule has 4 nitrogen and oxygen atoms in total. The van der Waals surface area contributed by atoms with Crippen LogP contribution in [0, 0.1) is 5.92 Å². The monoisotopic (exact) mass is 294 g/mol. The zero-order valence-electron chi connectivity index (χ0n) is 11.9. The number of thioether (sulfide) groups is 1. The molecule has 2 rings (SSSR count). The standard InChI is InChI=1S/C15H22N2O2S/c1-19-14-4-2-13(3-5-14)17-15(18)11-20-10-12-6-8-16-9-7-12/h2-5,12,16H,6-11H2,1H3,(H,17,18). The molecule has 0 unspecified atom stereocenters. The van der Waals surface area contributed by atoms with Crippen LogP contribution in [0.15, 0.2) is 24.3 Å². The normalized spacial score (nSPS) is 15.8. The van der Waals surface area contributed by atoms with E-state index in [0.717, 1.165) is 36.2 Å². The van der Waals surface area contributed by atoms with Gasteiger partial charge in [0.15, 0.2) is 0 Å². The highest BCUT2D eigenvalue weighted by atomic mass is 32.2. The topological polar surface area (TPSA) is 50.4 Å². The molecule has 110 valence electrons. The Morgan fingerprint density at radius 2 is 2.05 bits per heavy atom. The molecule has 0 bridgehead atoms. The molecule has 1 heterocycles. The number of amides is 1. The van der Waals surface area contributed by atoms with E-state index in [1.807, 2.05) is 24.3 Å². The van der Waals surface area contributed by atoms with Crippen molar-refractivity contribution in [2.75, 3.05) is 37.0 Å². The summed E-state index contributed by atoms with van der Waals surface area (Å²) in [5.74, 6) is 3.22. The number of hydrogen-bond donors (Lipinski definition) is 2. The zero-order chi connectivity index (χ0) is 14.2. The Morgan fingerprint density at radius 1 is 1.35 bits per heavy atom. The molecule has 0 radical (unpaired) electrons. The third kappa shape index (κ3) is 5.06. The van der Waals surface area contributed by atoms with Gasteiger partial charge in [0.2, 0.25) is 5.91 Å². The molecule has 0 atom stereocenters. The first kappa shape index (κ1) is 15.2. The average Bonchev–Trinajstić information content (AvgIpc) is 2.49. The van der Waals surface area contributed by atoms with E-state index in [0.29, 0.717) is 5.75 Å². The minimum absolute atomic E-state index is 0.0640. The fraction of sp³-hybridized carbons (Fsp3) is 0.533. The smallest absolute Gasteiger partial charge is 0.234 e. The number of methoxy groups -OCH3 is 1. The molecule has 20 heavy (non-hydrogen) atoms. The first-order chi connectivity index (χ1) is 9.78. The van der Waals surface area contributed by atoms with Crippen molar-refractivity contribution < 1.29 is 9.53 Å². The predicted octanol–water partition coefficient (Wildman–Crippen LogP) is 2.37. The van der Waals surface area contributed by atoms with Gasteiger partial charge in [0.05, 0.1) is 12.9 Å². The summed E-state index contributed by atoms with van der Waals surface area (Å²) in [5.41, 5.74) is 0.818. The van der Waals surface area contributed by atoms with Crippen LogP contribution in [-0.4, -0.2) is 37.6 Å². The molecule has 0 saturated carbocycles. The van der Waals surface area contributed by atoms with Gasteiger partial charge in [-0.25, -0.2) is 0 Å². The summed E-state index contributed by atoms with van der Waals surface area (Å²) in [5, 5.41) is 6.26. The van der Waals surface area contributed by atoms with Crippen molar-refractivity contribution in [3.05, 3.63) is 24.3 Å². The average molecular weight is 294 g/mol. The van der Waals surface area contributed by atoms with E-state index < -0.39 is 0 Å². The maximum Gasteiger partial charge on any atom is 0.234 e. The van der Waals surface area contributed by atoms with Gasteiger partial charge < -0.3 is 15.4 Å². The summed E-state index contributed by atoms with van der Waals surface area (Å²) in [7, 11) is 1.63. The molecule has 0 spiro atoms. The predicted molar refractivity (Wildman–Crippen MR) is 84.5 cm³/mol. The summed E-state index contributed by atoms with van der Waals surface area (Å²) in [6, 6.07) is 7.40. The lowest BCUT2D eigenvalue weighted by atomic mass is 10.0. The first-order valence-corrected chi connectivity index (χ1v) is 8.16. The van der Waals surface area contributed by atoms with Crippen LogP contribution in [0.25, 0.3) is 0 Å². The first-order valence-electron chi connectivity index (χ1n) is 7.00. The van der Waals surface area contributed by atoms with Crippen LogP contribution >= 0.6 is 11.8 Å². The molecular weight excluding hydrogens is 272 g/mol.